The van der Waals surface area contributed by atoms with Crippen molar-refractivity contribution >= 4 is 81.3 Å². The summed E-state index contributed by atoms with van der Waals surface area (Å²) >= 11 is 29.4. The zero-order valence-corrected chi connectivity index (χ0v) is 16.7. The first-order valence-electron chi connectivity index (χ1n) is 6.85. The number of ether oxygens (including phenoxy) is 1. The van der Waals surface area contributed by atoms with Gasteiger partial charge >= 0.3 is 5.97 Å². The largest absolute Gasteiger partial charge is 0.452 e. The third-order valence-corrected chi connectivity index (χ3v) is 4.90. The van der Waals surface area contributed by atoms with Crippen molar-refractivity contribution in [1.29, 1.82) is 0 Å². The highest BCUT2D eigenvalue weighted by Crippen LogP contribution is 2.41. The molecule has 0 aliphatic heterocycles. The smallest absolute Gasteiger partial charge is 0.345 e. The molecule has 7 nitrogen and oxygen atoms in total. The first-order valence-corrected chi connectivity index (χ1v) is 8.74. The summed E-state index contributed by atoms with van der Waals surface area (Å²) in [5.41, 5.74) is -0.981. The monoisotopic (exact) mass is 470 g/mol. The van der Waals surface area contributed by atoms with Crippen LogP contribution >= 0.6 is 58.0 Å². The first kappa shape index (κ1) is 21.5. The molecule has 2 aromatic rings. The second kappa shape index (κ2) is 8.95. The van der Waals surface area contributed by atoms with E-state index in [1.807, 2.05) is 0 Å². The molecule has 0 atom stereocenters. The van der Waals surface area contributed by atoms with E-state index in [0.717, 1.165) is 12.1 Å². The van der Waals surface area contributed by atoms with Crippen molar-refractivity contribution in [2.45, 2.75) is 0 Å². The number of nitrogens with zero attached hydrogens (tertiary/aromatic N) is 1. The van der Waals surface area contributed by atoms with Crippen LogP contribution in [0.5, 0.6) is 0 Å². The molecule has 12 heteroatoms. The van der Waals surface area contributed by atoms with Crippen LogP contribution in [0.25, 0.3) is 0 Å². The van der Waals surface area contributed by atoms with Gasteiger partial charge in [-0.15, -0.1) is 0 Å². The molecule has 142 valence electrons. The highest BCUT2D eigenvalue weighted by atomic mass is 35.5. The number of amides is 1. The SMILES string of the molecule is O=C(COC(=O)c1cc(Cl)ccc1[N+](=O)[O-])Nc1c(Cl)c(Cl)cc(Cl)c1Cl. The Morgan fingerprint density at radius 2 is 1.63 bits per heavy atom. The minimum atomic E-state index is -1.11. The Bertz CT molecular complexity index is 924. The Morgan fingerprint density at radius 3 is 2.19 bits per heavy atom. The minimum Gasteiger partial charge on any atom is -0.452 e. The van der Waals surface area contributed by atoms with Crippen molar-refractivity contribution in [3.8, 4) is 0 Å². The molecule has 0 saturated carbocycles. The average Bonchev–Trinajstić information content (AvgIpc) is 2.61. The Balaban J connectivity index is 2.12. The lowest BCUT2D eigenvalue weighted by Gasteiger charge is -2.12. The lowest BCUT2D eigenvalue weighted by atomic mass is 10.2. The summed E-state index contributed by atoms with van der Waals surface area (Å²) in [4.78, 5) is 34.3. The molecule has 2 rings (SSSR count). The molecule has 0 radical (unpaired) electrons. The lowest BCUT2D eigenvalue weighted by Crippen LogP contribution is -2.21. The number of rotatable bonds is 5. The highest BCUT2D eigenvalue weighted by molar-refractivity contribution is 6.50. The number of nitrogens with one attached hydrogen (secondary N) is 1. The predicted octanol–water partition coefficient (Wildman–Crippen LogP) is 5.66. The molecule has 1 N–H and O–H groups in total. The van der Waals surface area contributed by atoms with Gasteiger partial charge in [0.2, 0.25) is 0 Å². The van der Waals surface area contributed by atoms with Gasteiger partial charge in [0.15, 0.2) is 6.61 Å². The number of halogens is 5. The number of hydrogen-bond donors (Lipinski definition) is 1. The maximum absolute atomic E-state index is 12.1. The molecule has 0 spiro atoms. The normalized spacial score (nSPS) is 10.4. The Morgan fingerprint density at radius 1 is 1.04 bits per heavy atom. The van der Waals surface area contributed by atoms with Crippen LogP contribution in [0.15, 0.2) is 24.3 Å². The first-order chi connectivity index (χ1) is 12.6. The van der Waals surface area contributed by atoms with E-state index in [1.54, 1.807) is 0 Å². The topological polar surface area (TPSA) is 98.5 Å². The van der Waals surface area contributed by atoms with E-state index in [4.69, 9.17) is 62.7 Å². The molecule has 2 aromatic carbocycles. The standard InChI is InChI=1S/C15H7Cl5N2O5/c16-6-1-2-10(22(25)26)7(3-6)15(24)27-5-11(23)21-14-12(19)8(17)4-9(18)13(14)20/h1-4H,5H2,(H,21,23). The maximum Gasteiger partial charge on any atom is 0.345 e. The van der Waals surface area contributed by atoms with Crippen molar-refractivity contribution in [1.82, 2.24) is 0 Å². The summed E-state index contributed by atoms with van der Waals surface area (Å²) in [6.07, 6.45) is 0. The van der Waals surface area contributed by atoms with Gasteiger partial charge in [0, 0.05) is 11.1 Å². The van der Waals surface area contributed by atoms with E-state index in [9.17, 15) is 19.7 Å². The Kier molecular flexibility index (Phi) is 7.13. The summed E-state index contributed by atoms with van der Waals surface area (Å²) < 4.78 is 4.78. The van der Waals surface area contributed by atoms with Gasteiger partial charge in [0.05, 0.1) is 30.7 Å². The van der Waals surface area contributed by atoms with Crippen LogP contribution < -0.4 is 5.32 Å². The number of benzene rings is 2. The fraction of sp³-hybridized carbons (Fsp3) is 0.0667. The number of nitro groups is 1. The van der Waals surface area contributed by atoms with Crippen LogP contribution in [0.2, 0.25) is 25.1 Å². The van der Waals surface area contributed by atoms with Gasteiger partial charge in [-0.3, -0.25) is 14.9 Å². The molecular formula is C15H7Cl5N2O5. The highest BCUT2D eigenvalue weighted by Gasteiger charge is 2.23. The Hall–Kier alpha value is -1.77. The molecule has 1 amide bonds. The molecule has 0 unspecified atom stereocenters. The van der Waals surface area contributed by atoms with Crippen LogP contribution in [-0.2, 0) is 9.53 Å². The van der Waals surface area contributed by atoms with E-state index in [0.29, 0.717) is 0 Å². The van der Waals surface area contributed by atoms with Gasteiger partial charge in [0.25, 0.3) is 11.6 Å². The summed E-state index contributed by atoms with van der Waals surface area (Å²) in [6.45, 7) is -0.778. The zero-order valence-electron chi connectivity index (χ0n) is 12.9. The van der Waals surface area contributed by atoms with E-state index in [1.165, 1.54) is 12.1 Å². The van der Waals surface area contributed by atoms with Crippen molar-refractivity contribution in [3.63, 3.8) is 0 Å². The van der Waals surface area contributed by atoms with Gasteiger partial charge in [-0.25, -0.2) is 4.79 Å². The minimum absolute atomic E-state index is 0.0490. The number of hydrogen-bond acceptors (Lipinski definition) is 5. The number of anilines is 1. The average molecular weight is 472 g/mol. The second-order valence-electron chi connectivity index (χ2n) is 4.89. The number of esters is 1. The van der Waals surface area contributed by atoms with Gasteiger partial charge in [-0.05, 0) is 18.2 Å². The summed E-state index contributed by atoms with van der Waals surface area (Å²) in [6, 6.07) is 4.65. The molecule has 0 heterocycles. The second-order valence-corrected chi connectivity index (χ2v) is 6.89. The molecular weight excluding hydrogens is 465 g/mol. The number of carbonyl (C=O) groups is 2. The fourth-order valence-electron chi connectivity index (χ4n) is 1.90. The maximum atomic E-state index is 12.1. The van der Waals surface area contributed by atoms with E-state index in [-0.39, 0.29) is 30.8 Å². The fourth-order valence-corrected chi connectivity index (χ4v) is 2.97. The molecule has 0 bridgehead atoms. The summed E-state index contributed by atoms with van der Waals surface area (Å²) in [7, 11) is 0. The number of carbonyl (C=O) groups excluding carboxylic acids is 2. The quantitative estimate of drug-likeness (QED) is 0.262. The lowest BCUT2D eigenvalue weighted by molar-refractivity contribution is -0.385. The van der Waals surface area contributed by atoms with Gasteiger partial charge < -0.3 is 10.1 Å². The molecule has 0 aliphatic rings. The van der Waals surface area contributed by atoms with Crippen LogP contribution in [0.3, 0.4) is 0 Å². The molecule has 0 aliphatic carbocycles. The third-order valence-electron chi connectivity index (χ3n) is 3.09. The van der Waals surface area contributed by atoms with Crippen molar-refractivity contribution in [2.24, 2.45) is 0 Å². The van der Waals surface area contributed by atoms with Crippen LogP contribution in [0.1, 0.15) is 10.4 Å². The summed E-state index contributed by atoms with van der Waals surface area (Å²) in [5, 5.41) is 13.4. The van der Waals surface area contributed by atoms with Gasteiger partial charge in [0.1, 0.15) is 5.56 Å². The number of nitro benzene ring substituents is 1. The zero-order chi connectivity index (χ0) is 20.3. The molecule has 0 aromatic heterocycles. The third kappa shape index (κ3) is 5.15. The van der Waals surface area contributed by atoms with Crippen molar-refractivity contribution in [3.05, 3.63) is 65.1 Å². The van der Waals surface area contributed by atoms with Crippen molar-refractivity contribution < 1.29 is 19.2 Å². The predicted molar refractivity (Wildman–Crippen MR) is 104 cm³/mol. The Labute approximate surface area is 177 Å². The van der Waals surface area contributed by atoms with Gasteiger partial charge in [-0.1, -0.05) is 58.0 Å². The van der Waals surface area contributed by atoms with Gasteiger partial charge in [-0.2, -0.15) is 0 Å². The van der Waals surface area contributed by atoms with E-state index in [2.05, 4.69) is 5.32 Å². The van der Waals surface area contributed by atoms with Crippen LogP contribution in [0, 0.1) is 10.1 Å². The molecule has 0 saturated heterocycles. The molecule has 27 heavy (non-hydrogen) atoms. The molecule has 0 fully saturated rings. The van der Waals surface area contributed by atoms with Crippen molar-refractivity contribution in [2.75, 3.05) is 11.9 Å². The summed E-state index contributed by atoms with van der Waals surface area (Å²) in [5.74, 6) is -1.93. The van der Waals surface area contributed by atoms with E-state index < -0.39 is 34.7 Å². The van der Waals surface area contributed by atoms with Crippen LogP contribution in [0.4, 0.5) is 11.4 Å². The van der Waals surface area contributed by atoms with Crippen LogP contribution in [-0.4, -0.2) is 23.4 Å². The van der Waals surface area contributed by atoms with E-state index >= 15 is 0 Å².